The first-order valence-electron chi connectivity index (χ1n) is 7.20. The van der Waals surface area contributed by atoms with Gasteiger partial charge in [-0.1, -0.05) is 38.2 Å². The SMILES string of the molecule is O=C(C=Cc1cccnc1)NCCC1CCCCC1. The van der Waals surface area contributed by atoms with Gasteiger partial charge in [0.1, 0.15) is 0 Å². The van der Waals surface area contributed by atoms with Crippen LogP contribution in [-0.4, -0.2) is 17.4 Å². The molecule has 3 heteroatoms. The summed E-state index contributed by atoms with van der Waals surface area (Å²) in [6.07, 6.45) is 14.7. The lowest BCUT2D eigenvalue weighted by atomic mass is 9.87. The van der Waals surface area contributed by atoms with Gasteiger partial charge < -0.3 is 5.32 Å². The minimum absolute atomic E-state index is 0.0142. The molecule has 0 bridgehead atoms. The molecule has 0 saturated heterocycles. The van der Waals surface area contributed by atoms with Crippen LogP contribution in [0.4, 0.5) is 0 Å². The fraction of sp³-hybridized carbons (Fsp3) is 0.500. The van der Waals surface area contributed by atoms with Crippen LogP contribution in [0.2, 0.25) is 0 Å². The van der Waals surface area contributed by atoms with E-state index in [-0.39, 0.29) is 5.91 Å². The molecule has 1 aliphatic rings. The quantitative estimate of drug-likeness (QED) is 0.824. The summed E-state index contributed by atoms with van der Waals surface area (Å²) in [5.74, 6) is 0.802. The molecular formula is C16H22N2O. The zero-order valence-corrected chi connectivity index (χ0v) is 11.3. The molecule has 1 N–H and O–H groups in total. The number of carbonyl (C=O) groups excluding carboxylic acids is 1. The molecule has 1 fully saturated rings. The summed E-state index contributed by atoms with van der Waals surface area (Å²) in [6, 6.07) is 3.79. The van der Waals surface area contributed by atoms with Crippen molar-refractivity contribution in [3.63, 3.8) is 0 Å². The molecule has 2 rings (SSSR count). The topological polar surface area (TPSA) is 42.0 Å². The molecule has 0 unspecified atom stereocenters. The van der Waals surface area contributed by atoms with Crippen LogP contribution in [-0.2, 0) is 4.79 Å². The monoisotopic (exact) mass is 258 g/mol. The lowest BCUT2D eigenvalue weighted by Crippen LogP contribution is -2.24. The Labute approximate surface area is 115 Å². The van der Waals surface area contributed by atoms with Gasteiger partial charge >= 0.3 is 0 Å². The average molecular weight is 258 g/mol. The van der Waals surface area contributed by atoms with Crippen molar-refractivity contribution < 1.29 is 4.79 Å². The first-order valence-corrected chi connectivity index (χ1v) is 7.20. The van der Waals surface area contributed by atoms with Crippen LogP contribution in [0.3, 0.4) is 0 Å². The van der Waals surface area contributed by atoms with Crippen molar-refractivity contribution in [3.8, 4) is 0 Å². The van der Waals surface area contributed by atoms with Crippen molar-refractivity contribution in [3.05, 3.63) is 36.2 Å². The van der Waals surface area contributed by atoms with E-state index < -0.39 is 0 Å². The molecule has 1 aliphatic carbocycles. The van der Waals surface area contributed by atoms with Gasteiger partial charge in [-0.15, -0.1) is 0 Å². The molecular weight excluding hydrogens is 236 g/mol. The van der Waals surface area contributed by atoms with Crippen LogP contribution >= 0.6 is 0 Å². The van der Waals surface area contributed by atoms with E-state index in [1.165, 1.54) is 32.1 Å². The summed E-state index contributed by atoms with van der Waals surface area (Å²) in [5.41, 5.74) is 0.949. The number of pyridine rings is 1. The molecule has 0 aliphatic heterocycles. The minimum Gasteiger partial charge on any atom is -0.353 e. The van der Waals surface area contributed by atoms with Gasteiger partial charge in [0.25, 0.3) is 0 Å². The van der Waals surface area contributed by atoms with Crippen LogP contribution < -0.4 is 5.32 Å². The van der Waals surface area contributed by atoms with Crippen LogP contribution in [0.15, 0.2) is 30.6 Å². The third-order valence-electron chi connectivity index (χ3n) is 3.69. The molecule has 1 aromatic rings. The largest absolute Gasteiger partial charge is 0.353 e. The standard InChI is InChI=1S/C16H22N2O/c19-16(9-8-15-7-4-11-17-13-15)18-12-10-14-5-2-1-3-6-14/h4,7-9,11,13-14H,1-3,5-6,10,12H2,(H,18,19). The normalized spacial score (nSPS) is 16.6. The molecule has 0 spiro atoms. The van der Waals surface area contributed by atoms with E-state index in [9.17, 15) is 4.79 Å². The minimum atomic E-state index is -0.0142. The van der Waals surface area contributed by atoms with E-state index in [0.717, 1.165) is 24.4 Å². The number of amides is 1. The number of aromatic nitrogens is 1. The maximum Gasteiger partial charge on any atom is 0.244 e. The molecule has 102 valence electrons. The molecule has 1 saturated carbocycles. The molecule has 1 heterocycles. The van der Waals surface area contributed by atoms with Gasteiger partial charge in [-0.3, -0.25) is 9.78 Å². The van der Waals surface area contributed by atoms with E-state index in [1.807, 2.05) is 12.1 Å². The maximum absolute atomic E-state index is 11.6. The van der Waals surface area contributed by atoms with Gasteiger partial charge in [0, 0.05) is 25.0 Å². The Morgan fingerprint density at radius 3 is 2.95 bits per heavy atom. The molecule has 0 radical (unpaired) electrons. The summed E-state index contributed by atoms with van der Waals surface area (Å²) in [6.45, 7) is 0.793. The third-order valence-corrected chi connectivity index (χ3v) is 3.69. The van der Waals surface area contributed by atoms with E-state index in [4.69, 9.17) is 0 Å². The van der Waals surface area contributed by atoms with Gasteiger partial charge in [-0.05, 0) is 30.0 Å². The molecule has 1 aromatic heterocycles. The first-order chi connectivity index (χ1) is 9.34. The van der Waals surface area contributed by atoms with Crippen molar-refractivity contribution in [2.24, 2.45) is 5.92 Å². The van der Waals surface area contributed by atoms with Crippen molar-refractivity contribution >= 4 is 12.0 Å². The summed E-state index contributed by atoms with van der Waals surface area (Å²) < 4.78 is 0. The van der Waals surface area contributed by atoms with E-state index in [1.54, 1.807) is 24.5 Å². The van der Waals surface area contributed by atoms with Crippen LogP contribution in [0.25, 0.3) is 6.08 Å². The Balaban J connectivity index is 1.65. The van der Waals surface area contributed by atoms with Gasteiger partial charge in [0.05, 0.1) is 0 Å². The summed E-state index contributed by atoms with van der Waals surface area (Å²) in [5, 5.41) is 2.95. The Morgan fingerprint density at radius 2 is 2.21 bits per heavy atom. The molecule has 0 atom stereocenters. The highest BCUT2D eigenvalue weighted by molar-refractivity contribution is 5.91. The Bertz CT molecular complexity index is 408. The number of nitrogens with zero attached hydrogens (tertiary/aromatic N) is 1. The lowest BCUT2D eigenvalue weighted by molar-refractivity contribution is -0.116. The van der Waals surface area contributed by atoms with Gasteiger partial charge in [-0.25, -0.2) is 0 Å². The molecule has 19 heavy (non-hydrogen) atoms. The highest BCUT2D eigenvalue weighted by atomic mass is 16.1. The fourth-order valence-corrected chi connectivity index (χ4v) is 2.58. The van der Waals surface area contributed by atoms with E-state index >= 15 is 0 Å². The van der Waals surface area contributed by atoms with Crippen molar-refractivity contribution in [2.45, 2.75) is 38.5 Å². The van der Waals surface area contributed by atoms with E-state index in [0.29, 0.717) is 0 Å². The summed E-state index contributed by atoms with van der Waals surface area (Å²) in [4.78, 5) is 15.6. The summed E-state index contributed by atoms with van der Waals surface area (Å²) >= 11 is 0. The molecule has 1 amide bonds. The maximum atomic E-state index is 11.6. The lowest BCUT2D eigenvalue weighted by Gasteiger charge is -2.21. The number of rotatable bonds is 5. The predicted molar refractivity (Wildman–Crippen MR) is 77.5 cm³/mol. The van der Waals surface area contributed by atoms with Gasteiger partial charge in [0.2, 0.25) is 5.91 Å². The second-order valence-corrected chi connectivity index (χ2v) is 5.20. The second kappa shape index (κ2) is 7.72. The fourth-order valence-electron chi connectivity index (χ4n) is 2.58. The first kappa shape index (κ1) is 13.8. The molecule has 3 nitrogen and oxygen atoms in total. The molecule has 0 aromatic carbocycles. The summed E-state index contributed by atoms with van der Waals surface area (Å²) in [7, 11) is 0. The van der Waals surface area contributed by atoms with Crippen molar-refractivity contribution in [2.75, 3.05) is 6.54 Å². The number of nitrogens with one attached hydrogen (secondary N) is 1. The highest BCUT2D eigenvalue weighted by Gasteiger charge is 2.12. The number of carbonyl (C=O) groups is 1. The van der Waals surface area contributed by atoms with Gasteiger partial charge in [0.15, 0.2) is 0 Å². The number of hydrogen-bond donors (Lipinski definition) is 1. The zero-order chi connectivity index (χ0) is 13.3. The van der Waals surface area contributed by atoms with Crippen LogP contribution in [0, 0.1) is 5.92 Å². The Kier molecular flexibility index (Phi) is 5.60. The van der Waals surface area contributed by atoms with Crippen LogP contribution in [0.1, 0.15) is 44.1 Å². The Hall–Kier alpha value is -1.64. The Morgan fingerprint density at radius 1 is 1.37 bits per heavy atom. The van der Waals surface area contributed by atoms with Gasteiger partial charge in [-0.2, -0.15) is 0 Å². The third kappa shape index (κ3) is 5.25. The zero-order valence-electron chi connectivity index (χ0n) is 11.3. The van der Waals surface area contributed by atoms with E-state index in [2.05, 4.69) is 10.3 Å². The predicted octanol–water partition coefficient (Wildman–Crippen LogP) is 3.18. The number of hydrogen-bond acceptors (Lipinski definition) is 2. The average Bonchev–Trinajstić information content (AvgIpc) is 2.47. The second-order valence-electron chi connectivity index (χ2n) is 5.20. The van der Waals surface area contributed by atoms with Crippen molar-refractivity contribution in [1.29, 1.82) is 0 Å². The van der Waals surface area contributed by atoms with Crippen LogP contribution in [0.5, 0.6) is 0 Å². The smallest absolute Gasteiger partial charge is 0.244 e. The van der Waals surface area contributed by atoms with Crippen molar-refractivity contribution in [1.82, 2.24) is 10.3 Å². The highest BCUT2D eigenvalue weighted by Crippen LogP contribution is 2.25.